The molecule has 3 heterocycles. The van der Waals surface area contributed by atoms with Gasteiger partial charge in [-0.2, -0.15) is 4.98 Å². The van der Waals surface area contributed by atoms with E-state index in [4.69, 9.17) is 0 Å². The first-order valence-electron chi connectivity index (χ1n) is 7.74. The average molecular weight is 305 g/mol. The number of aromatic nitrogens is 3. The highest BCUT2D eigenvalue weighted by molar-refractivity contribution is 7.09. The molecule has 2 N–H and O–H groups in total. The predicted molar refractivity (Wildman–Crippen MR) is 87.0 cm³/mol. The third-order valence-corrected chi connectivity index (χ3v) is 4.90. The van der Waals surface area contributed by atoms with Gasteiger partial charge in [0.15, 0.2) is 0 Å². The summed E-state index contributed by atoms with van der Waals surface area (Å²) in [4.78, 5) is 8.27. The number of hydrogen-bond donors (Lipinski definition) is 2. The van der Waals surface area contributed by atoms with Gasteiger partial charge in [-0.05, 0) is 43.3 Å². The molecule has 0 spiro atoms. The van der Waals surface area contributed by atoms with E-state index < -0.39 is 0 Å². The zero-order valence-corrected chi connectivity index (χ0v) is 13.3. The highest BCUT2D eigenvalue weighted by Crippen LogP contribution is 2.21. The van der Waals surface area contributed by atoms with Gasteiger partial charge in [-0.25, -0.2) is 0 Å². The fourth-order valence-electron chi connectivity index (χ4n) is 2.77. The fourth-order valence-corrected chi connectivity index (χ4v) is 3.48. The highest BCUT2D eigenvalue weighted by Gasteiger charge is 2.21. The van der Waals surface area contributed by atoms with E-state index >= 15 is 0 Å². The first-order chi connectivity index (χ1) is 10.3. The second-order valence-electron chi connectivity index (χ2n) is 5.58. The van der Waals surface area contributed by atoms with E-state index in [1.165, 1.54) is 17.7 Å². The van der Waals surface area contributed by atoms with Gasteiger partial charge < -0.3 is 10.2 Å². The zero-order valence-electron chi connectivity index (χ0n) is 12.5. The van der Waals surface area contributed by atoms with Crippen LogP contribution in [0.3, 0.4) is 0 Å². The molecule has 114 valence electrons. The van der Waals surface area contributed by atoms with Crippen LogP contribution >= 0.6 is 11.3 Å². The topological polar surface area (TPSA) is 56.8 Å². The standard InChI is InChI=1S/C15H23N5S/c1-2-16-11-12-5-7-20(8-6-12)15-17-14(18-19-15)10-13-4-3-9-21-13/h3-4,9,12,16H,2,5-8,10-11H2,1H3,(H,17,18,19). The molecular formula is C15H23N5S. The smallest absolute Gasteiger partial charge is 0.244 e. The summed E-state index contributed by atoms with van der Waals surface area (Å²) < 4.78 is 0. The molecule has 0 saturated carbocycles. The number of anilines is 1. The van der Waals surface area contributed by atoms with Gasteiger partial charge in [0, 0.05) is 24.4 Å². The number of H-pyrrole nitrogens is 1. The van der Waals surface area contributed by atoms with Crippen LogP contribution in [0.1, 0.15) is 30.5 Å². The third kappa shape index (κ3) is 3.83. The van der Waals surface area contributed by atoms with Crippen LogP contribution < -0.4 is 10.2 Å². The molecule has 0 aromatic carbocycles. The maximum absolute atomic E-state index is 4.65. The lowest BCUT2D eigenvalue weighted by Gasteiger charge is -2.31. The van der Waals surface area contributed by atoms with Crippen LogP contribution in [-0.2, 0) is 6.42 Å². The number of aromatic amines is 1. The van der Waals surface area contributed by atoms with Crippen molar-refractivity contribution in [3.63, 3.8) is 0 Å². The van der Waals surface area contributed by atoms with Gasteiger partial charge >= 0.3 is 0 Å². The first-order valence-corrected chi connectivity index (χ1v) is 8.62. The van der Waals surface area contributed by atoms with Crippen molar-refractivity contribution < 1.29 is 0 Å². The van der Waals surface area contributed by atoms with Gasteiger partial charge in [-0.15, -0.1) is 16.4 Å². The molecule has 0 amide bonds. The predicted octanol–water partition coefficient (Wildman–Crippen LogP) is 2.28. The Bertz CT molecular complexity index is 528. The second kappa shape index (κ2) is 7.04. The molecule has 0 atom stereocenters. The summed E-state index contributed by atoms with van der Waals surface area (Å²) in [6.07, 6.45) is 3.30. The Morgan fingerprint density at radius 3 is 3.00 bits per heavy atom. The van der Waals surface area contributed by atoms with Crippen LogP contribution in [0.2, 0.25) is 0 Å². The van der Waals surface area contributed by atoms with E-state index in [0.29, 0.717) is 0 Å². The van der Waals surface area contributed by atoms with Crippen LogP contribution in [0.5, 0.6) is 0 Å². The molecule has 1 aliphatic rings. The van der Waals surface area contributed by atoms with Crippen LogP contribution in [0.4, 0.5) is 5.95 Å². The normalized spacial score (nSPS) is 16.5. The lowest BCUT2D eigenvalue weighted by atomic mass is 9.97. The Kier molecular flexibility index (Phi) is 4.87. The molecule has 5 nitrogen and oxygen atoms in total. The average Bonchev–Trinajstić information content (AvgIpc) is 3.18. The number of rotatable bonds is 6. The third-order valence-electron chi connectivity index (χ3n) is 4.02. The number of thiophene rings is 1. The Balaban J connectivity index is 1.53. The van der Waals surface area contributed by atoms with Crippen molar-refractivity contribution in [1.82, 2.24) is 20.5 Å². The van der Waals surface area contributed by atoms with Gasteiger partial charge in [-0.3, -0.25) is 5.10 Å². The molecule has 0 radical (unpaired) electrons. The van der Waals surface area contributed by atoms with Gasteiger partial charge in [0.05, 0.1) is 0 Å². The maximum atomic E-state index is 4.65. The first kappa shape index (κ1) is 14.5. The molecule has 6 heteroatoms. The molecule has 1 saturated heterocycles. The van der Waals surface area contributed by atoms with Crippen LogP contribution in [0.25, 0.3) is 0 Å². The molecule has 3 rings (SSSR count). The summed E-state index contributed by atoms with van der Waals surface area (Å²) >= 11 is 1.76. The van der Waals surface area contributed by atoms with Crippen molar-refractivity contribution in [2.45, 2.75) is 26.2 Å². The Hall–Kier alpha value is -1.40. The van der Waals surface area contributed by atoms with E-state index in [0.717, 1.165) is 50.3 Å². The summed E-state index contributed by atoms with van der Waals surface area (Å²) in [5, 5.41) is 13.0. The lowest BCUT2D eigenvalue weighted by Crippen LogP contribution is -2.37. The number of nitrogens with one attached hydrogen (secondary N) is 2. The highest BCUT2D eigenvalue weighted by atomic mass is 32.1. The van der Waals surface area contributed by atoms with E-state index in [-0.39, 0.29) is 0 Å². The molecule has 2 aromatic heterocycles. The minimum Gasteiger partial charge on any atom is -0.340 e. The molecule has 0 unspecified atom stereocenters. The molecule has 1 aliphatic heterocycles. The molecule has 1 fully saturated rings. The lowest BCUT2D eigenvalue weighted by molar-refractivity contribution is 0.384. The van der Waals surface area contributed by atoms with Crippen LogP contribution in [0.15, 0.2) is 17.5 Å². The molecular weight excluding hydrogens is 282 g/mol. The summed E-state index contributed by atoms with van der Waals surface area (Å²) in [6.45, 7) is 6.49. The van der Waals surface area contributed by atoms with Gasteiger partial charge in [0.2, 0.25) is 5.95 Å². The maximum Gasteiger partial charge on any atom is 0.244 e. The van der Waals surface area contributed by atoms with E-state index in [1.54, 1.807) is 11.3 Å². The number of hydrogen-bond acceptors (Lipinski definition) is 5. The Morgan fingerprint density at radius 2 is 2.29 bits per heavy atom. The SMILES string of the molecule is CCNCC1CCN(c2n[nH]c(Cc3cccs3)n2)CC1. The van der Waals surface area contributed by atoms with Gasteiger partial charge in [-0.1, -0.05) is 13.0 Å². The molecule has 0 bridgehead atoms. The summed E-state index contributed by atoms with van der Waals surface area (Å²) in [6, 6.07) is 4.21. The Morgan fingerprint density at radius 1 is 1.43 bits per heavy atom. The van der Waals surface area contributed by atoms with Crippen LogP contribution in [-0.4, -0.2) is 41.4 Å². The number of nitrogens with zero attached hydrogens (tertiary/aromatic N) is 3. The van der Waals surface area contributed by atoms with Crippen molar-refractivity contribution >= 4 is 17.3 Å². The molecule has 0 aliphatic carbocycles. The van der Waals surface area contributed by atoms with Gasteiger partial charge in [0.25, 0.3) is 0 Å². The number of piperidine rings is 1. The summed E-state index contributed by atoms with van der Waals surface area (Å²) in [5.74, 6) is 2.62. The molecule has 2 aromatic rings. The van der Waals surface area contributed by atoms with Crippen molar-refractivity contribution in [2.75, 3.05) is 31.1 Å². The van der Waals surface area contributed by atoms with E-state index in [2.05, 4.69) is 49.8 Å². The van der Waals surface area contributed by atoms with Gasteiger partial charge in [0.1, 0.15) is 5.82 Å². The fraction of sp³-hybridized carbons (Fsp3) is 0.600. The minimum atomic E-state index is 0.797. The van der Waals surface area contributed by atoms with Crippen molar-refractivity contribution in [2.24, 2.45) is 5.92 Å². The second-order valence-corrected chi connectivity index (χ2v) is 6.61. The summed E-state index contributed by atoms with van der Waals surface area (Å²) in [5.41, 5.74) is 0. The molecule has 21 heavy (non-hydrogen) atoms. The minimum absolute atomic E-state index is 0.797. The van der Waals surface area contributed by atoms with Crippen molar-refractivity contribution in [1.29, 1.82) is 0 Å². The quantitative estimate of drug-likeness (QED) is 0.860. The van der Waals surface area contributed by atoms with Crippen LogP contribution in [0, 0.1) is 5.92 Å². The summed E-state index contributed by atoms with van der Waals surface area (Å²) in [7, 11) is 0. The zero-order chi connectivity index (χ0) is 14.5. The van der Waals surface area contributed by atoms with Crippen molar-refractivity contribution in [3.05, 3.63) is 28.2 Å². The van der Waals surface area contributed by atoms with E-state index in [1.807, 2.05) is 0 Å². The monoisotopic (exact) mass is 305 g/mol. The van der Waals surface area contributed by atoms with E-state index in [9.17, 15) is 0 Å². The van der Waals surface area contributed by atoms with Crippen molar-refractivity contribution in [3.8, 4) is 0 Å². The largest absolute Gasteiger partial charge is 0.340 e. The Labute approximate surface area is 129 Å².